The lowest BCUT2D eigenvalue weighted by Gasteiger charge is -2.45. The molecule has 0 bridgehead atoms. The normalized spacial score (nSPS) is 22.0. The van der Waals surface area contributed by atoms with Gasteiger partial charge in [-0.3, -0.25) is 4.79 Å². The van der Waals surface area contributed by atoms with Crippen LogP contribution < -0.4 is 0 Å². The third-order valence-electron chi connectivity index (χ3n) is 6.81. The predicted octanol–water partition coefficient (Wildman–Crippen LogP) is 3.79. The summed E-state index contributed by atoms with van der Waals surface area (Å²) in [7, 11) is 1.88. The number of piperidine rings is 1. The standard InChI is InChI=1S/C25H34N2O3/c1-19-18-27(14-13-25(19,2)21-5-4-6-23(29)17-21)16-15-26(3)24(30)12-9-20-7-10-22(28)11-8-20/h4-8,10-11,17,19,28-29H,9,12-16,18H2,1-3H3. The second kappa shape index (κ2) is 9.52. The van der Waals surface area contributed by atoms with Gasteiger partial charge in [-0.05, 0) is 66.1 Å². The molecule has 2 atom stereocenters. The van der Waals surface area contributed by atoms with Crippen LogP contribution in [0.15, 0.2) is 48.5 Å². The van der Waals surface area contributed by atoms with Gasteiger partial charge in [-0.25, -0.2) is 0 Å². The van der Waals surface area contributed by atoms with Crippen molar-refractivity contribution in [2.24, 2.45) is 5.92 Å². The highest BCUT2D eigenvalue weighted by Gasteiger charge is 2.38. The Morgan fingerprint density at radius 3 is 2.57 bits per heavy atom. The molecule has 162 valence electrons. The molecule has 1 amide bonds. The Labute approximate surface area is 179 Å². The molecule has 3 rings (SSSR count). The topological polar surface area (TPSA) is 64.0 Å². The highest BCUT2D eigenvalue weighted by atomic mass is 16.3. The van der Waals surface area contributed by atoms with E-state index in [-0.39, 0.29) is 17.1 Å². The van der Waals surface area contributed by atoms with Gasteiger partial charge in [0.25, 0.3) is 0 Å². The average Bonchev–Trinajstić information content (AvgIpc) is 2.73. The number of benzene rings is 2. The van der Waals surface area contributed by atoms with E-state index in [0.717, 1.165) is 38.2 Å². The summed E-state index contributed by atoms with van der Waals surface area (Å²) in [4.78, 5) is 16.7. The van der Waals surface area contributed by atoms with Crippen LogP contribution in [0.2, 0.25) is 0 Å². The van der Waals surface area contributed by atoms with Gasteiger partial charge in [-0.2, -0.15) is 0 Å². The van der Waals surface area contributed by atoms with Gasteiger partial charge in [0.05, 0.1) is 0 Å². The minimum atomic E-state index is 0.0566. The van der Waals surface area contributed by atoms with E-state index in [1.54, 1.807) is 18.2 Å². The zero-order valence-electron chi connectivity index (χ0n) is 18.3. The molecule has 30 heavy (non-hydrogen) atoms. The Balaban J connectivity index is 1.46. The number of hydrogen-bond donors (Lipinski definition) is 2. The quantitative estimate of drug-likeness (QED) is 0.729. The zero-order valence-corrected chi connectivity index (χ0v) is 18.3. The van der Waals surface area contributed by atoms with Gasteiger partial charge >= 0.3 is 0 Å². The van der Waals surface area contributed by atoms with E-state index in [2.05, 4.69) is 24.8 Å². The molecule has 2 N–H and O–H groups in total. The Bertz CT molecular complexity index is 852. The fourth-order valence-corrected chi connectivity index (χ4v) is 4.33. The van der Waals surface area contributed by atoms with E-state index < -0.39 is 0 Å². The summed E-state index contributed by atoms with van der Waals surface area (Å²) in [5, 5.41) is 19.2. The van der Waals surface area contributed by atoms with Gasteiger partial charge < -0.3 is 20.0 Å². The lowest BCUT2D eigenvalue weighted by Crippen LogP contribution is -2.49. The summed E-state index contributed by atoms with van der Waals surface area (Å²) in [6.45, 7) is 8.16. The third kappa shape index (κ3) is 5.33. The fraction of sp³-hybridized carbons (Fsp3) is 0.480. The van der Waals surface area contributed by atoms with E-state index >= 15 is 0 Å². The Morgan fingerprint density at radius 1 is 1.17 bits per heavy atom. The van der Waals surface area contributed by atoms with Gasteiger partial charge in [0, 0.05) is 33.1 Å². The SMILES string of the molecule is CC1CN(CCN(C)C(=O)CCc2ccc(O)cc2)CCC1(C)c1cccc(O)c1. The summed E-state index contributed by atoms with van der Waals surface area (Å²) in [6.07, 6.45) is 2.20. The zero-order chi connectivity index (χ0) is 21.7. The molecule has 1 fully saturated rings. The molecule has 5 nitrogen and oxygen atoms in total. The number of aromatic hydroxyl groups is 2. The Hall–Kier alpha value is -2.53. The highest BCUT2D eigenvalue weighted by Crippen LogP contribution is 2.40. The minimum absolute atomic E-state index is 0.0566. The molecule has 0 aromatic heterocycles. The van der Waals surface area contributed by atoms with Crippen LogP contribution >= 0.6 is 0 Å². The van der Waals surface area contributed by atoms with Crippen molar-refractivity contribution < 1.29 is 15.0 Å². The highest BCUT2D eigenvalue weighted by molar-refractivity contribution is 5.76. The number of carbonyl (C=O) groups is 1. The van der Waals surface area contributed by atoms with Crippen LogP contribution in [-0.4, -0.2) is 59.1 Å². The molecule has 1 aliphatic heterocycles. The molecule has 1 heterocycles. The van der Waals surface area contributed by atoms with Crippen LogP contribution in [0, 0.1) is 5.92 Å². The number of carbonyl (C=O) groups excluding carboxylic acids is 1. The second-order valence-electron chi connectivity index (χ2n) is 8.90. The molecule has 2 aromatic carbocycles. The Kier molecular flexibility index (Phi) is 7.03. The van der Waals surface area contributed by atoms with Crippen molar-refractivity contribution in [3.8, 4) is 11.5 Å². The van der Waals surface area contributed by atoms with Crippen LogP contribution in [0.5, 0.6) is 11.5 Å². The first kappa shape index (κ1) is 22.2. The number of likely N-dealkylation sites (N-methyl/N-ethyl adjacent to an activating group) is 1. The summed E-state index contributed by atoms with van der Waals surface area (Å²) >= 11 is 0. The number of phenols is 2. The number of hydrogen-bond acceptors (Lipinski definition) is 4. The number of likely N-dealkylation sites (tertiary alicyclic amines) is 1. The molecule has 1 saturated heterocycles. The van der Waals surface area contributed by atoms with Crippen molar-refractivity contribution in [3.05, 3.63) is 59.7 Å². The van der Waals surface area contributed by atoms with Crippen molar-refractivity contribution in [3.63, 3.8) is 0 Å². The largest absolute Gasteiger partial charge is 0.508 e. The van der Waals surface area contributed by atoms with Gasteiger partial charge in [-0.1, -0.05) is 38.1 Å². The molecule has 0 saturated carbocycles. The Morgan fingerprint density at radius 2 is 1.90 bits per heavy atom. The number of rotatable bonds is 7. The maximum atomic E-state index is 12.5. The van der Waals surface area contributed by atoms with Gasteiger partial charge in [0.2, 0.25) is 5.91 Å². The summed E-state index contributed by atoms with van der Waals surface area (Å²) in [6, 6.07) is 14.7. The van der Waals surface area contributed by atoms with Crippen molar-refractivity contribution in [1.82, 2.24) is 9.80 Å². The lowest BCUT2D eigenvalue weighted by atomic mass is 9.68. The van der Waals surface area contributed by atoms with Crippen molar-refractivity contribution in [2.45, 2.75) is 38.5 Å². The van der Waals surface area contributed by atoms with Crippen LogP contribution in [0.4, 0.5) is 0 Å². The summed E-state index contributed by atoms with van der Waals surface area (Å²) in [5.74, 6) is 1.19. The van der Waals surface area contributed by atoms with Crippen LogP contribution in [-0.2, 0) is 16.6 Å². The predicted molar refractivity (Wildman–Crippen MR) is 120 cm³/mol. The molecular formula is C25H34N2O3. The van der Waals surface area contributed by atoms with Crippen molar-refractivity contribution in [2.75, 3.05) is 33.2 Å². The fourth-order valence-electron chi connectivity index (χ4n) is 4.33. The smallest absolute Gasteiger partial charge is 0.222 e. The minimum Gasteiger partial charge on any atom is -0.508 e. The molecule has 0 aliphatic carbocycles. The second-order valence-corrected chi connectivity index (χ2v) is 8.90. The van der Waals surface area contributed by atoms with Crippen molar-refractivity contribution >= 4 is 5.91 Å². The summed E-state index contributed by atoms with van der Waals surface area (Å²) < 4.78 is 0. The molecule has 0 radical (unpaired) electrons. The molecule has 2 unspecified atom stereocenters. The van der Waals surface area contributed by atoms with Crippen LogP contribution in [0.25, 0.3) is 0 Å². The monoisotopic (exact) mass is 410 g/mol. The maximum absolute atomic E-state index is 12.5. The van der Waals surface area contributed by atoms with Gasteiger partial charge in [-0.15, -0.1) is 0 Å². The lowest BCUT2D eigenvalue weighted by molar-refractivity contribution is -0.130. The van der Waals surface area contributed by atoms with Crippen LogP contribution in [0.1, 0.15) is 37.8 Å². The van der Waals surface area contributed by atoms with E-state index in [0.29, 0.717) is 24.5 Å². The average molecular weight is 411 g/mol. The molecule has 1 aliphatic rings. The van der Waals surface area contributed by atoms with Gasteiger partial charge in [0.1, 0.15) is 11.5 Å². The first-order valence-corrected chi connectivity index (χ1v) is 10.8. The van der Waals surface area contributed by atoms with E-state index in [1.165, 1.54) is 5.56 Å². The van der Waals surface area contributed by atoms with Crippen molar-refractivity contribution in [1.29, 1.82) is 0 Å². The van der Waals surface area contributed by atoms with E-state index in [9.17, 15) is 15.0 Å². The third-order valence-corrected chi connectivity index (χ3v) is 6.81. The first-order valence-electron chi connectivity index (χ1n) is 10.8. The summed E-state index contributed by atoms with van der Waals surface area (Å²) in [5.41, 5.74) is 2.32. The molecule has 2 aromatic rings. The number of nitrogens with zero attached hydrogens (tertiary/aromatic N) is 2. The van der Waals surface area contributed by atoms with E-state index in [1.807, 2.05) is 36.2 Å². The number of amides is 1. The first-order chi connectivity index (χ1) is 14.3. The van der Waals surface area contributed by atoms with Gasteiger partial charge in [0.15, 0.2) is 0 Å². The number of phenolic OH excluding ortho intramolecular Hbond substituents is 2. The molecular weight excluding hydrogens is 376 g/mol. The van der Waals surface area contributed by atoms with Crippen LogP contribution in [0.3, 0.4) is 0 Å². The molecule has 0 spiro atoms. The molecule has 5 heteroatoms. The number of aryl methyl sites for hydroxylation is 1. The maximum Gasteiger partial charge on any atom is 0.222 e. The van der Waals surface area contributed by atoms with E-state index in [4.69, 9.17) is 0 Å².